The zero-order valence-electron chi connectivity index (χ0n) is 12.3. The Morgan fingerprint density at radius 2 is 1.86 bits per heavy atom. The molecular formula is C13H22N2O5S. The molecule has 2 unspecified atom stereocenters. The molecule has 0 bridgehead atoms. The van der Waals surface area contributed by atoms with Gasteiger partial charge in [0.15, 0.2) is 0 Å². The first kappa shape index (κ1) is 17.8. The maximum absolute atomic E-state index is 11.8. The molecular weight excluding hydrogens is 296 g/mol. The summed E-state index contributed by atoms with van der Waals surface area (Å²) >= 11 is 1.23. The molecule has 0 aromatic carbocycles. The summed E-state index contributed by atoms with van der Waals surface area (Å²) in [4.78, 5) is 36.0. The molecule has 120 valence electrons. The number of amides is 2. The van der Waals surface area contributed by atoms with E-state index in [1.165, 1.54) is 11.8 Å². The fourth-order valence-electron chi connectivity index (χ4n) is 1.77. The van der Waals surface area contributed by atoms with Crippen LogP contribution >= 0.6 is 11.8 Å². The normalized spacial score (nSPS) is 17.9. The van der Waals surface area contributed by atoms with Crippen LogP contribution in [0.25, 0.3) is 0 Å². The quantitative estimate of drug-likeness (QED) is 0.675. The van der Waals surface area contributed by atoms with E-state index in [1.54, 1.807) is 18.7 Å². The van der Waals surface area contributed by atoms with Gasteiger partial charge in [-0.15, -0.1) is 11.8 Å². The van der Waals surface area contributed by atoms with Crippen molar-refractivity contribution >= 4 is 29.5 Å². The van der Waals surface area contributed by atoms with E-state index in [0.29, 0.717) is 26.3 Å². The number of rotatable bonds is 7. The van der Waals surface area contributed by atoms with Crippen molar-refractivity contribution in [2.75, 3.05) is 37.8 Å². The molecule has 2 N–H and O–H groups in total. The summed E-state index contributed by atoms with van der Waals surface area (Å²) in [5, 5.41) is 11.5. The molecule has 1 heterocycles. The Balaban J connectivity index is 2.20. The summed E-state index contributed by atoms with van der Waals surface area (Å²) < 4.78 is 5.17. The van der Waals surface area contributed by atoms with E-state index >= 15 is 0 Å². The number of hydrogen-bond donors (Lipinski definition) is 2. The number of nitrogens with zero attached hydrogens (tertiary/aromatic N) is 1. The third-order valence-corrected chi connectivity index (χ3v) is 4.27. The average molecular weight is 318 g/mol. The molecule has 1 saturated heterocycles. The highest BCUT2D eigenvalue weighted by Crippen LogP contribution is 2.07. The lowest BCUT2D eigenvalue weighted by molar-refractivity contribution is -0.142. The molecule has 0 spiro atoms. The van der Waals surface area contributed by atoms with Crippen LogP contribution in [0, 0.1) is 5.92 Å². The predicted molar refractivity (Wildman–Crippen MR) is 79.1 cm³/mol. The number of nitrogens with one attached hydrogen (secondary N) is 1. The Morgan fingerprint density at radius 3 is 2.43 bits per heavy atom. The largest absolute Gasteiger partial charge is 0.481 e. The van der Waals surface area contributed by atoms with Gasteiger partial charge in [-0.05, 0) is 13.8 Å². The van der Waals surface area contributed by atoms with Crippen LogP contribution in [-0.4, -0.2) is 71.6 Å². The van der Waals surface area contributed by atoms with Gasteiger partial charge in [-0.25, -0.2) is 0 Å². The first-order chi connectivity index (χ1) is 9.91. The van der Waals surface area contributed by atoms with Crippen molar-refractivity contribution in [2.24, 2.45) is 5.92 Å². The van der Waals surface area contributed by atoms with Crippen LogP contribution in [0.3, 0.4) is 0 Å². The van der Waals surface area contributed by atoms with Crippen LogP contribution in [0.1, 0.15) is 13.8 Å². The van der Waals surface area contributed by atoms with Gasteiger partial charge in [0.25, 0.3) is 0 Å². The lowest BCUT2D eigenvalue weighted by atomic mass is 10.0. The van der Waals surface area contributed by atoms with Gasteiger partial charge in [-0.3, -0.25) is 14.4 Å². The molecule has 1 fully saturated rings. The summed E-state index contributed by atoms with van der Waals surface area (Å²) in [6.45, 7) is 5.50. The summed E-state index contributed by atoms with van der Waals surface area (Å²) in [6.07, 6.45) is 0. The molecule has 1 rings (SSSR count). The van der Waals surface area contributed by atoms with Crippen LogP contribution in [0.2, 0.25) is 0 Å². The van der Waals surface area contributed by atoms with Gasteiger partial charge in [-0.2, -0.15) is 0 Å². The highest BCUT2D eigenvalue weighted by atomic mass is 32.2. The fourth-order valence-corrected chi connectivity index (χ4v) is 2.50. The van der Waals surface area contributed by atoms with Gasteiger partial charge in [0, 0.05) is 19.1 Å². The summed E-state index contributed by atoms with van der Waals surface area (Å²) in [5.74, 6) is -1.45. The minimum absolute atomic E-state index is 0.00283. The molecule has 8 heteroatoms. The van der Waals surface area contributed by atoms with Crippen LogP contribution in [-0.2, 0) is 19.1 Å². The van der Waals surface area contributed by atoms with E-state index in [2.05, 4.69) is 5.32 Å². The van der Waals surface area contributed by atoms with Gasteiger partial charge in [0.2, 0.25) is 11.8 Å². The highest BCUT2D eigenvalue weighted by molar-refractivity contribution is 8.00. The lowest BCUT2D eigenvalue weighted by Gasteiger charge is -2.26. The Morgan fingerprint density at radius 1 is 1.24 bits per heavy atom. The number of carboxylic acids is 1. The smallest absolute Gasteiger partial charge is 0.308 e. The molecule has 1 aliphatic heterocycles. The molecule has 1 aliphatic rings. The van der Waals surface area contributed by atoms with Crippen LogP contribution in [0.15, 0.2) is 0 Å². The summed E-state index contributed by atoms with van der Waals surface area (Å²) in [6, 6.07) is -0.439. The molecule has 2 atom stereocenters. The molecule has 0 saturated carbocycles. The van der Waals surface area contributed by atoms with E-state index in [9.17, 15) is 14.4 Å². The molecule has 7 nitrogen and oxygen atoms in total. The summed E-state index contributed by atoms with van der Waals surface area (Å²) in [7, 11) is 0. The van der Waals surface area contributed by atoms with E-state index in [0.717, 1.165) is 0 Å². The van der Waals surface area contributed by atoms with Crippen molar-refractivity contribution in [3.63, 3.8) is 0 Å². The first-order valence-corrected chi connectivity index (χ1v) is 8.02. The Hall–Kier alpha value is -1.28. The number of thioether (sulfide) groups is 1. The number of aliphatic carboxylic acids is 1. The van der Waals surface area contributed by atoms with Crippen molar-refractivity contribution in [1.82, 2.24) is 10.2 Å². The van der Waals surface area contributed by atoms with Gasteiger partial charge in [0.05, 0.1) is 30.6 Å². The third-order valence-electron chi connectivity index (χ3n) is 3.35. The van der Waals surface area contributed by atoms with E-state index in [-0.39, 0.29) is 23.3 Å². The van der Waals surface area contributed by atoms with Crippen molar-refractivity contribution in [3.8, 4) is 0 Å². The number of ether oxygens (including phenoxy) is 1. The predicted octanol–water partition coefficient (Wildman–Crippen LogP) is -0.196. The average Bonchev–Trinajstić information content (AvgIpc) is 2.46. The van der Waals surface area contributed by atoms with Crippen molar-refractivity contribution in [3.05, 3.63) is 0 Å². The van der Waals surface area contributed by atoms with Gasteiger partial charge in [-0.1, -0.05) is 0 Å². The van der Waals surface area contributed by atoms with Crippen molar-refractivity contribution < 1.29 is 24.2 Å². The van der Waals surface area contributed by atoms with Gasteiger partial charge in [0.1, 0.15) is 0 Å². The second-order valence-electron chi connectivity index (χ2n) is 4.97. The molecule has 0 aromatic rings. The van der Waals surface area contributed by atoms with Crippen LogP contribution < -0.4 is 5.32 Å². The van der Waals surface area contributed by atoms with E-state index in [1.807, 2.05) is 0 Å². The Kier molecular flexibility index (Phi) is 7.52. The molecule has 0 aliphatic carbocycles. The lowest BCUT2D eigenvalue weighted by Crippen LogP contribution is -2.42. The van der Waals surface area contributed by atoms with Crippen molar-refractivity contribution in [1.29, 1.82) is 0 Å². The second kappa shape index (κ2) is 8.89. The van der Waals surface area contributed by atoms with Crippen LogP contribution in [0.4, 0.5) is 0 Å². The molecule has 21 heavy (non-hydrogen) atoms. The molecule has 2 amide bonds. The minimum atomic E-state index is -0.946. The zero-order chi connectivity index (χ0) is 15.8. The van der Waals surface area contributed by atoms with E-state index in [4.69, 9.17) is 9.84 Å². The minimum Gasteiger partial charge on any atom is -0.481 e. The summed E-state index contributed by atoms with van der Waals surface area (Å²) in [5.41, 5.74) is 0. The number of carboxylic acid groups (broad SMARTS) is 1. The maximum atomic E-state index is 11.8. The monoisotopic (exact) mass is 318 g/mol. The first-order valence-electron chi connectivity index (χ1n) is 6.87. The van der Waals surface area contributed by atoms with Crippen LogP contribution in [0.5, 0.6) is 0 Å². The number of hydrogen-bond acceptors (Lipinski definition) is 5. The number of carbonyl (C=O) groups is 3. The Bertz CT molecular complexity index is 385. The van der Waals surface area contributed by atoms with Gasteiger partial charge >= 0.3 is 5.97 Å². The standard InChI is InChI=1S/C13H22N2O5S/c1-9(13(18)19)10(2)14-11(16)7-21-8-12(17)15-3-5-20-6-4-15/h9-10H,3-8H2,1-2H3,(H,14,16)(H,18,19). The fraction of sp³-hybridized carbons (Fsp3) is 0.769. The van der Waals surface area contributed by atoms with E-state index < -0.39 is 17.9 Å². The highest BCUT2D eigenvalue weighted by Gasteiger charge is 2.21. The maximum Gasteiger partial charge on any atom is 0.308 e. The topological polar surface area (TPSA) is 95.9 Å². The molecule has 0 aromatic heterocycles. The number of morpholine rings is 1. The zero-order valence-corrected chi connectivity index (χ0v) is 13.1. The SMILES string of the molecule is CC(NC(=O)CSCC(=O)N1CCOCC1)C(C)C(=O)O. The third kappa shape index (κ3) is 6.34. The van der Waals surface area contributed by atoms with Gasteiger partial charge < -0.3 is 20.1 Å². The number of carbonyl (C=O) groups excluding carboxylic acids is 2. The van der Waals surface area contributed by atoms with Crippen molar-refractivity contribution in [2.45, 2.75) is 19.9 Å². The second-order valence-corrected chi connectivity index (χ2v) is 5.95. The Labute approximate surface area is 128 Å². The molecule has 0 radical (unpaired) electrons.